The van der Waals surface area contributed by atoms with Crippen molar-refractivity contribution in [2.24, 2.45) is 0 Å². The second kappa shape index (κ2) is 7.87. The van der Waals surface area contributed by atoms with Crippen molar-refractivity contribution in [3.8, 4) is 0 Å². The maximum Gasteiger partial charge on any atom is 0.407 e. The van der Waals surface area contributed by atoms with Gasteiger partial charge in [0.1, 0.15) is 5.60 Å². The molecule has 0 aliphatic rings. The first kappa shape index (κ1) is 17.3. The maximum atomic E-state index is 11.4. The number of hydrogen-bond donors (Lipinski definition) is 3. The van der Waals surface area contributed by atoms with Gasteiger partial charge in [0.2, 0.25) is 11.9 Å². The summed E-state index contributed by atoms with van der Waals surface area (Å²) in [6.45, 7) is 8.28. The monoisotopic (exact) mass is 314 g/mol. The van der Waals surface area contributed by atoms with Crippen molar-refractivity contribution in [2.45, 2.75) is 38.5 Å². The lowest BCUT2D eigenvalue weighted by Gasteiger charge is -2.19. The van der Waals surface area contributed by atoms with E-state index in [2.05, 4.69) is 25.6 Å². The second-order valence-electron chi connectivity index (χ2n) is 5.09. The summed E-state index contributed by atoms with van der Waals surface area (Å²) in [5.41, 5.74) is 5.10. The molecule has 8 nitrogen and oxygen atoms in total. The molecule has 1 rings (SSSR count). The third kappa shape index (κ3) is 7.54. The predicted molar refractivity (Wildman–Crippen MR) is 83.4 cm³/mol. The molecule has 118 valence electrons. The summed E-state index contributed by atoms with van der Waals surface area (Å²) in [5, 5.41) is 6.19. The maximum absolute atomic E-state index is 11.4. The van der Waals surface area contributed by atoms with E-state index in [1.807, 2.05) is 27.7 Å². The number of anilines is 2. The van der Waals surface area contributed by atoms with Crippen LogP contribution in [-0.4, -0.2) is 45.5 Å². The Balaban J connectivity index is 2.37. The highest BCUT2D eigenvalue weighted by molar-refractivity contribution is 7.99. The Labute approximate surface area is 128 Å². The van der Waals surface area contributed by atoms with E-state index < -0.39 is 11.7 Å². The van der Waals surface area contributed by atoms with Crippen LogP contribution in [0.5, 0.6) is 0 Å². The Morgan fingerprint density at radius 2 is 2.00 bits per heavy atom. The minimum absolute atomic E-state index is 0.170. The summed E-state index contributed by atoms with van der Waals surface area (Å²) < 4.78 is 5.12. The van der Waals surface area contributed by atoms with Gasteiger partial charge in [0.05, 0.1) is 0 Å². The molecular formula is C12H22N6O2S. The van der Waals surface area contributed by atoms with E-state index in [4.69, 9.17) is 10.5 Å². The van der Waals surface area contributed by atoms with Gasteiger partial charge in [-0.3, -0.25) is 0 Å². The smallest absolute Gasteiger partial charge is 0.407 e. The molecule has 1 heterocycles. The molecule has 0 saturated carbocycles. The molecule has 0 aliphatic heterocycles. The Hall–Kier alpha value is -1.77. The normalized spacial score (nSPS) is 11.0. The number of nitrogens with zero attached hydrogens (tertiary/aromatic N) is 3. The Morgan fingerprint density at radius 1 is 1.29 bits per heavy atom. The van der Waals surface area contributed by atoms with Crippen molar-refractivity contribution in [2.75, 3.05) is 29.9 Å². The highest BCUT2D eigenvalue weighted by Crippen LogP contribution is 2.14. The molecule has 1 aromatic heterocycles. The summed E-state index contributed by atoms with van der Waals surface area (Å²) >= 11 is 1.48. The summed E-state index contributed by atoms with van der Waals surface area (Å²) in [5.74, 6) is 1.41. The van der Waals surface area contributed by atoms with Crippen LogP contribution in [0.15, 0.2) is 5.16 Å². The molecule has 0 saturated heterocycles. The first-order valence-corrected chi connectivity index (χ1v) is 7.64. The van der Waals surface area contributed by atoms with Gasteiger partial charge in [-0.15, -0.1) is 0 Å². The summed E-state index contributed by atoms with van der Waals surface area (Å²) in [6, 6.07) is 0. The number of nitrogens with two attached hydrogens (primary N) is 1. The van der Waals surface area contributed by atoms with E-state index in [0.717, 1.165) is 5.75 Å². The minimum Gasteiger partial charge on any atom is -0.444 e. The van der Waals surface area contributed by atoms with Crippen LogP contribution in [-0.2, 0) is 4.74 Å². The quantitative estimate of drug-likeness (QED) is 0.534. The highest BCUT2D eigenvalue weighted by Gasteiger charge is 2.15. The van der Waals surface area contributed by atoms with Crippen molar-refractivity contribution < 1.29 is 9.53 Å². The minimum atomic E-state index is -0.507. The molecule has 0 bridgehead atoms. The molecule has 0 atom stereocenters. The molecule has 0 aromatic carbocycles. The van der Waals surface area contributed by atoms with Crippen LogP contribution in [0.1, 0.15) is 27.7 Å². The fourth-order valence-corrected chi connectivity index (χ4v) is 1.87. The number of nitrogens with one attached hydrogen (secondary N) is 2. The van der Waals surface area contributed by atoms with E-state index in [-0.39, 0.29) is 5.95 Å². The van der Waals surface area contributed by atoms with Crippen molar-refractivity contribution in [1.82, 2.24) is 20.3 Å². The predicted octanol–water partition coefficient (Wildman–Crippen LogP) is 1.50. The number of hydrogen-bond acceptors (Lipinski definition) is 8. The number of amides is 1. The van der Waals surface area contributed by atoms with Crippen molar-refractivity contribution in [1.29, 1.82) is 0 Å². The van der Waals surface area contributed by atoms with Gasteiger partial charge in [0.25, 0.3) is 0 Å². The molecule has 4 N–H and O–H groups in total. The SMILES string of the molecule is CCSc1nc(N)nc(NCCNC(=O)OC(C)(C)C)n1. The number of carbonyl (C=O) groups excluding carboxylic acids is 1. The zero-order chi connectivity index (χ0) is 15.9. The molecule has 21 heavy (non-hydrogen) atoms. The van der Waals surface area contributed by atoms with Gasteiger partial charge in [-0.25, -0.2) is 4.79 Å². The van der Waals surface area contributed by atoms with Crippen LogP contribution in [0.25, 0.3) is 0 Å². The van der Waals surface area contributed by atoms with Crippen LogP contribution >= 0.6 is 11.8 Å². The van der Waals surface area contributed by atoms with Crippen LogP contribution in [0.4, 0.5) is 16.7 Å². The molecule has 0 fully saturated rings. The van der Waals surface area contributed by atoms with Crippen molar-refractivity contribution in [3.63, 3.8) is 0 Å². The largest absolute Gasteiger partial charge is 0.444 e. The summed E-state index contributed by atoms with van der Waals surface area (Å²) in [4.78, 5) is 23.6. The molecule has 0 radical (unpaired) electrons. The number of ether oxygens (including phenoxy) is 1. The number of aromatic nitrogens is 3. The number of alkyl carbamates (subject to hydrolysis) is 1. The lowest BCUT2D eigenvalue weighted by atomic mass is 10.2. The molecule has 1 aromatic rings. The van der Waals surface area contributed by atoms with Crippen molar-refractivity contribution in [3.05, 3.63) is 0 Å². The van der Waals surface area contributed by atoms with E-state index >= 15 is 0 Å². The number of rotatable bonds is 6. The van der Waals surface area contributed by atoms with Crippen LogP contribution in [0.2, 0.25) is 0 Å². The Morgan fingerprint density at radius 3 is 2.62 bits per heavy atom. The fraction of sp³-hybridized carbons (Fsp3) is 0.667. The van der Waals surface area contributed by atoms with Gasteiger partial charge in [-0.05, 0) is 26.5 Å². The highest BCUT2D eigenvalue weighted by atomic mass is 32.2. The molecule has 0 aliphatic carbocycles. The Kier molecular flexibility index (Phi) is 6.47. The third-order valence-electron chi connectivity index (χ3n) is 1.98. The van der Waals surface area contributed by atoms with Gasteiger partial charge in [-0.1, -0.05) is 18.7 Å². The van der Waals surface area contributed by atoms with Gasteiger partial charge in [0.15, 0.2) is 5.16 Å². The molecule has 1 amide bonds. The number of thioether (sulfide) groups is 1. The van der Waals surface area contributed by atoms with E-state index in [0.29, 0.717) is 24.2 Å². The molecule has 0 spiro atoms. The third-order valence-corrected chi connectivity index (χ3v) is 2.71. The lowest BCUT2D eigenvalue weighted by molar-refractivity contribution is 0.0530. The lowest BCUT2D eigenvalue weighted by Crippen LogP contribution is -2.35. The first-order chi connectivity index (χ1) is 9.80. The van der Waals surface area contributed by atoms with Gasteiger partial charge in [0, 0.05) is 13.1 Å². The Bertz CT molecular complexity index is 477. The van der Waals surface area contributed by atoms with Crippen LogP contribution < -0.4 is 16.4 Å². The van der Waals surface area contributed by atoms with Crippen LogP contribution in [0.3, 0.4) is 0 Å². The standard InChI is InChI=1S/C12H22N6O2S/c1-5-21-10-17-8(13)16-9(18-10)14-6-7-15-11(19)20-12(2,3)4/h5-7H2,1-4H3,(H,15,19)(H3,13,14,16,17,18). The summed E-state index contributed by atoms with van der Waals surface area (Å²) in [6.07, 6.45) is -0.457. The van der Waals surface area contributed by atoms with E-state index in [1.165, 1.54) is 11.8 Å². The van der Waals surface area contributed by atoms with Gasteiger partial charge < -0.3 is 21.1 Å². The van der Waals surface area contributed by atoms with Crippen LogP contribution in [0, 0.1) is 0 Å². The average Bonchev–Trinajstić information content (AvgIpc) is 2.32. The van der Waals surface area contributed by atoms with Gasteiger partial charge >= 0.3 is 6.09 Å². The average molecular weight is 314 g/mol. The first-order valence-electron chi connectivity index (χ1n) is 6.65. The topological polar surface area (TPSA) is 115 Å². The molecule has 0 unspecified atom stereocenters. The summed E-state index contributed by atoms with van der Waals surface area (Å²) in [7, 11) is 0. The molecular weight excluding hydrogens is 292 g/mol. The van der Waals surface area contributed by atoms with Crippen molar-refractivity contribution >= 4 is 29.8 Å². The zero-order valence-corrected chi connectivity index (χ0v) is 13.6. The van der Waals surface area contributed by atoms with E-state index in [1.54, 1.807) is 0 Å². The molecule has 9 heteroatoms. The van der Waals surface area contributed by atoms with E-state index in [9.17, 15) is 4.79 Å². The zero-order valence-electron chi connectivity index (χ0n) is 12.8. The number of carbonyl (C=O) groups is 1. The fourth-order valence-electron chi connectivity index (χ4n) is 1.30. The van der Waals surface area contributed by atoms with Gasteiger partial charge in [-0.2, -0.15) is 15.0 Å². The second-order valence-corrected chi connectivity index (χ2v) is 6.32. The number of nitrogen functional groups attached to an aromatic ring is 1.